The maximum atomic E-state index is 5.46. The molecule has 1 aromatic rings. The minimum Gasteiger partial charge on any atom is -0.375 e. The van der Waals surface area contributed by atoms with E-state index in [2.05, 4.69) is 35.6 Å². The lowest BCUT2D eigenvalue weighted by Crippen LogP contribution is -2.32. The predicted octanol–water partition coefficient (Wildman–Crippen LogP) is 2.17. The van der Waals surface area contributed by atoms with E-state index in [0.29, 0.717) is 6.04 Å². The molecule has 0 spiro atoms. The second-order valence-electron chi connectivity index (χ2n) is 5.07. The molecule has 1 fully saturated rings. The van der Waals surface area contributed by atoms with E-state index in [1.165, 1.54) is 24.1 Å². The van der Waals surface area contributed by atoms with Crippen LogP contribution in [0.25, 0.3) is 0 Å². The predicted molar refractivity (Wildman–Crippen MR) is 68.2 cm³/mol. The summed E-state index contributed by atoms with van der Waals surface area (Å²) in [4.78, 5) is 2.38. The Morgan fingerprint density at radius 1 is 1.41 bits per heavy atom. The number of likely N-dealkylation sites (tertiary alicyclic amines) is 1. The van der Waals surface area contributed by atoms with Crippen LogP contribution >= 0.6 is 0 Å². The summed E-state index contributed by atoms with van der Waals surface area (Å²) >= 11 is 0. The Hall–Kier alpha value is -0.870. The zero-order valence-electron chi connectivity index (χ0n) is 11.3. The molecule has 4 heteroatoms. The molecule has 0 radical (unpaired) electrons. The van der Waals surface area contributed by atoms with E-state index >= 15 is 0 Å². The van der Waals surface area contributed by atoms with Crippen molar-refractivity contribution < 1.29 is 4.74 Å². The first-order valence-electron chi connectivity index (χ1n) is 6.38. The molecule has 0 amide bonds. The highest BCUT2D eigenvalue weighted by molar-refractivity contribution is 5.18. The Labute approximate surface area is 104 Å². The van der Waals surface area contributed by atoms with Gasteiger partial charge in [-0.1, -0.05) is 0 Å². The lowest BCUT2D eigenvalue weighted by molar-refractivity contribution is 0.105. The van der Waals surface area contributed by atoms with Crippen LogP contribution in [0, 0.1) is 6.92 Å². The molecule has 1 aromatic heterocycles. The molecule has 1 atom stereocenters. The maximum Gasteiger partial charge on any atom is 0.0962 e. The highest BCUT2D eigenvalue weighted by atomic mass is 16.5. The van der Waals surface area contributed by atoms with E-state index in [0.717, 1.165) is 13.1 Å². The van der Waals surface area contributed by atoms with Gasteiger partial charge in [-0.05, 0) is 52.4 Å². The molecule has 0 bridgehead atoms. The number of piperidine rings is 1. The summed E-state index contributed by atoms with van der Waals surface area (Å²) in [6, 6.07) is 0.535. The van der Waals surface area contributed by atoms with Gasteiger partial charge in [0, 0.05) is 7.11 Å². The summed E-state index contributed by atoms with van der Waals surface area (Å²) in [6.45, 7) is 6.52. The molecule has 1 aliphatic heterocycles. The van der Waals surface area contributed by atoms with Gasteiger partial charge < -0.3 is 9.64 Å². The fourth-order valence-electron chi connectivity index (χ4n) is 2.61. The highest BCUT2D eigenvalue weighted by Gasteiger charge is 2.24. The lowest BCUT2D eigenvalue weighted by Gasteiger charge is -2.30. The van der Waals surface area contributed by atoms with Gasteiger partial charge in [-0.25, -0.2) is 0 Å². The number of ether oxygens (including phenoxy) is 1. The number of hydrogen-bond donors (Lipinski definition) is 0. The molecule has 0 N–H and O–H groups in total. The molecule has 4 nitrogen and oxygen atoms in total. The largest absolute Gasteiger partial charge is 0.375 e. The zero-order chi connectivity index (χ0) is 12.4. The molecule has 1 aliphatic rings. The van der Waals surface area contributed by atoms with E-state index in [1.807, 2.05) is 6.20 Å². The van der Waals surface area contributed by atoms with E-state index in [1.54, 1.807) is 7.11 Å². The first-order chi connectivity index (χ1) is 8.13. The van der Waals surface area contributed by atoms with Gasteiger partial charge in [0.15, 0.2) is 0 Å². The van der Waals surface area contributed by atoms with E-state index in [9.17, 15) is 0 Å². The molecule has 96 valence electrons. The third kappa shape index (κ3) is 2.53. The summed E-state index contributed by atoms with van der Waals surface area (Å²) in [6.07, 6.45) is 4.45. The van der Waals surface area contributed by atoms with Crippen LogP contribution < -0.4 is 0 Å². The summed E-state index contributed by atoms with van der Waals surface area (Å²) in [5, 5.41) is 4.55. The SMILES string of the molecule is COC(C)c1c(C)cnn1C1CCN(C)CC1. The first-order valence-corrected chi connectivity index (χ1v) is 6.38. The molecule has 2 heterocycles. The molecule has 0 aliphatic carbocycles. The van der Waals surface area contributed by atoms with Gasteiger partial charge in [0.2, 0.25) is 0 Å². The Kier molecular flexibility index (Phi) is 3.84. The smallest absolute Gasteiger partial charge is 0.0962 e. The van der Waals surface area contributed by atoms with E-state index in [-0.39, 0.29) is 6.10 Å². The number of aromatic nitrogens is 2. The van der Waals surface area contributed by atoms with Crippen molar-refractivity contribution in [1.29, 1.82) is 0 Å². The third-order valence-electron chi connectivity index (χ3n) is 3.80. The number of methoxy groups -OCH3 is 1. The Morgan fingerprint density at radius 3 is 2.65 bits per heavy atom. The van der Waals surface area contributed by atoms with Gasteiger partial charge in [0.05, 0.1) is 24.0 Å². The Balaban J connectivity index is 2.20. The number of rotatable bonds is 3. The number of hydrogen-bond acceptors (Lipinski definition) is 3. The van der Waals surface area contributed by atoms with E-state index in [4.69, 9.17) is 4.74 Å². The molecular formula is C13H23N3O. The van der Waals surface area contributed by atoms with Crippen molar-refractivity contribution in [2.75, 3.05) is 27.2 Å². The van der Waals surface area contributed by atoms with Crippen LogP contribution in [0.5, 0.6) is 0 Å². The van der Waals surface area contributed by atoms with Crippen molar-refractivity contribution in [2.45, 2.75) is 38.8 Å². The van der Waals surface area contributed by atoms with Crippen LogP contribution in [0.4, 0.5) is 0 Å². The fraction of sp³-hybridized carbons (Fsp3) is 0.769. The standard InChI is InChI=1S/C13H23N3O/c1-10-9-14-16(13(10)11(2)17-4)12-5-7-15(3)8-6-12/h9,11-12H,5-8H2,1-4H3. The van der Waals surface area contributed by atoms with Crippen molar-refractivity contribution in [3.63, 3.8) is 0 Å². The Bertz CT molecular complexity index is 367. The average Bonchev–Trinajstić information content (AvgIpc) is 2.71. The lowest BCUT2D eigenvalue weighted by atomic mass is 10.0. The topological polar surface area (TPSA) is 30.3 Å². The second-order valence-corrected chi connectivity index (χ2v) is 5.07. The highest BCUT2D eigenvalue weighted by Crippen LogP contribution is 2.28. The minimum atomic E-state index is 0.122. The minimum absolute atomic E-state index is 0.122. The quantitative estimate of drug-likeness (QED) is 0.807. The van der Waals surface area contributed by atoms with Crippen LogP contribution in [-0.4, -0.2) is 41.9 Å². The van der Waals surface area contributed by atoms with Crippen LogP contribution in [-0.2, 0) is 4.74 Å². The van der Waals surface area contributed by atoms with Crippen LogP contribution in [0.2, 0.25) is 0 Å². The average molecular weight is 237 g/mol. The van der Waals surface area contributed by atoms with Crippen molar-refractivity contribution in [3.05, 3.63) is 17.5 Å². The fourth-order valence-corrected chi connectivity index (χ4v) is 2.61. The number of aryl methyl sites for hydroxylation is 1. The maximum absolute atomic E-state index is 5.46. The van der Waals surface area contributed by atoms with Gasteiger partial charge in [-0.15, -0.1) is 0 Å². The second kappa shape index (κ2) is 5.19. The van der Waals surface area contributed by atoms with Crippen LogP contribution in [0.15, 0.2) is 6.20 Å². The number of nitrogens with zero attached hydrogens (tertiary/aromatic N) is 3. The molecule has 1 saturated heterocycles. The molecule has 1 unspecified atom stereocenters. The van der Waals surface area contributed by atoms with Gasteiger partial charge in [0.25, 0.3) is 0 Å². The first kappa shape index (κ1) is 12.6. The summed E-state index contributed by atoms with van der Waals surface area (Å²) in [5.74, 6) is 0. The normalized spacial score (nSPS) is 20.7. The van der Waals surface area contributed by atoms with Gasteiger partial charge >= 0.3 is 0 Å². The Morgan fingerprint density at radius 2 is 2.06 bits per heavy atom. The van der Waals surface area contributed by atoms with Gasteiger partial charge in [-0.3, -0.25) is 4.68 Å². The van der Waals surface area contributed by atoms with Crippen LogP contribution in [0.3, 0.4) is 0 Å². The third-order valence-corrected chi connectivity index (χ3v) is 3.80. The zero-order valence-corrected chi connectivity index (χ0v) is 11.3. The molecule has 0 aromatic carbocycles. The van der Waals surface area contributed by atoms with Crippen LogP contribution in [0.1, 0.15) is 43.2 Å². The summed E-state index contributed by atoms with van der Waals surface area (Å²) < 4.78 is 7.65. The van der Waals surface area contributed by atoms with Gasteiger partial charge in [0.1, 0.15) is 0 Å². The molecule has 2 rings (SSSR count). The van der Waals surface area contributed by atoms with E-state index < -0.39 is 0 Å². The molecule has 17 heavy (non-hydrogen) atoms. The monoisotopic (exact) mass is 237 g/mol. The molecule has 0 saturated carbocycles. The summed E-state index contributed by atoms with van der Waals surface area (Å²) in [7, 11) is 3.94. The molecular weight excluding hydrogens is 214 g/mol. The van der Waals surface area contributed by atoms with Crippen molar-refractivity contribution in [3.8, 4) is 0 Å². The van der Waals surface area contributed by atoms with Crippen molar-refractivity contribution in [1.82, 2.24) is 14.7 Å². The van der Waals surface area contributed by atoms with Gasteiger partial charge in [-0.2, -0.15) is 5.10 Å². The van der Waals surface area contributed by atoms with Crippen molar-refractivity contribution >= 4 is 0 Å². The summed E-state index contributed by atoms with van der Waals surface area (Å²) in [5.41, 5.74) is 2.47. The van der Waals surface area contributed by atoms with Crippen molar-refractivity contribution in [2.24, 2.45) is 0 Å².